The minimum atomic E-state index is -0.599. The molecule has 0 unspecified atom stereocenters. The van der Waals surface area contributed by atoms with E-state index in [1.165, 1.54) is 0 Å². The number of rotatable bonds is 1. The van der Waals surface area contributed by atoms with Crippen molar-refractivity contribution in [2.24, 2.45) is 5.73 Å². The molecule has 92 valence electrons. The molecule has 0 spiro atoms. The van der Waals surface area contributed by atoms with Gasteiger partial charge in [0, 0.05) is 11.6 Å². The van der Waals surface area contributed by atoms with Crippen molar-refractivity contribution in [3.05, 3.63) is 21.9 Å². The summed E-state index contributed by atoms with van der Waals surface area (Å²) in [6.45, 7) is 0.930. The van der Waals surface area contributed by atoms with Crippen LogP contribution in [0, 0.1) is 5.82 Å². The molecule has 1 aliphatic heterocycles. The molecule has 3 rings (SSSR count). The molecule has 2 aliphatic rings. The van der Waals surface area contributed by atoms with Crippen LogP contribution in [0.3, 0.4) is 0 Å². The van der Waals surface area contributed by atoms with Crippen molar-refractivity contribution >= 4 is 15.9 Å². The monoisotopic (exact) mass is 301 g/mol. The zero-order chi connectivity index (χ0) is 12.0. The molecule has 1 saturated carbocycles. The van der Waals surface area contributed by atoms with Gasteiger partial charge < -0.3 is 15.2 Å². The second-order valence-corrected chi connectivity index (χ2v) is 5.44. The normalized spacial score (nSPS) is 20.9. The summed E-state index contributed by atoms with van der Waals surface area (Å²) in [4.78, 5) is 0. The minimum absolute atomic E-state index is 0.323. The van der Waals surface area contributed by atoms with E-state index in [1.54, 1.807) is 6.07 Å². The van der Waals surface area contributed by atoms with Crippen molar-refractivity contribution in [2.45, 2.75) is 24.8 Å². The van der Waals surface area contributed by atoms with Gasteiger partial charge in [0.1, 0.15) is 19.0 Å². The Morgan fingerprint density at radius 3 is 2.65 bits per heavy atom. The van der Waals surface area contributed by atoms with Crippen LogP contribution in [-0.2, 0) is 5.54 Å². The summed E-state index contributed by atoms with van der Waals surface area (Å²) in [5.74, 6) is 0.742. The van der Waals surface area contributed by atoms with Gasteiger partial charge >= 0.3 is 0 Å². The fourth-order valence-corrected chi connectivity index (χ4v) is 2.79. The van der Waals surface area contributed by atoms with Gasteiger partial charge in [-0.05, 0) is 35.2 Å². The van der Waals surface area contributed by atoms with Crippen molar-refractivity contribution in [2.75, 3.05) is 13.2 Å². The van der Waals surface area contributed by atoms with Crippen LogP contribution in [-0.4, -0.2) is 13.2 Å². The molecule has 0 amide bonds. The predicted molar refractivity (Wildman–Crippen MR) is 64.8 cm³/mol. The molecule has 2 N–H and O–H groups in total. The van der Waals surface area contributed by atoms with Gasteiger partial charge in [0.25, 0.3) is 0 Å². The smallest absolute Gasteiger partial charge is 0.169 e. The zero-order valence-electron chi connectivity index (χ0n) is 9.26. The SMILES string of the molecule is NC1(c2c(F)c(Br)cc3c2OCCO3)CCC1. The number of nitrogens with two attached hydrogens (primary N) is 1. The van der Waals surface area contributed by atoms with Gasteiger partial charge in [0.2, 0.25) is 0 Å². The first-order valence-corrected chi connectivity index (χ1v) is 6.48. The number of ether oxygens (including phenoxy) is 2. The Hall–Kier alpha value is -0.810. The predicted octanol–water partition coefficient (Wildman–Crippen LogP) is 2.70. The first kappa shape index (κ1) is 11.3. The molecule has 0 bridgehead atoms. The maximum atomic E-state index is 14.2. The first-order valence-electron chi connectivity index (χ1n) is 5.69. The average Bonchev–Trinajstić information content (AvgIpc) is 2.28. The molecule has 0 radical (unpaired) electrons. The highest BCUT2D eigenvalue weighted by molar-refractivity contribution is 9.10. The molecule has 0 saturated heterocycles. The molecule has 1 aromatic carbocycles. The Kier molecular flexibility index (Phi) is 2.56. The molecule has 0 atom stereocenters. The Morgan fingerprint density at radius 1 is 1.29 bits per heavy atom. The third-order valence-corrected chi connectivity index (χ3v) is 4.05. The van der Waals surface area contributed by atoms with Crippen LogP contribution in [0.1, 0.15) is 24.8 Å². The molecule has 5 heteroatoms. The molecule has 3 nitrogen and oxygen atoms in total. The summed E-state index contributed by atoms with van der Waals surface area (Å²) in [6.07, 6.45) is 2.60. The van der Waals surface area contributed by atoms with E-state index in [-0.39, 0.29) is 5.82 Å². The molecule has 1 aliphatic carbocycles. The lowest BCUT2D eigenvalue weighted by Crippen LogP contribution is -2.44. The number of hydrogen-bond donors (Lipinski definition) is 1. The van der Waals surface area contributed by atoms with Crippen LogP contribution < -0.4 is 15.2 Å². The van der Waals surface area contributed by atoms with Crippen molar-refractivity contribution < 1.29 is 13.9 Å². The topological polar surface area (TPSA) is 44.5 Å². The zero-order valence-corrected chi connectivity index (χ0v) is 10.8. The van der Waals surface area contributed by atoms with Crippen LogP contribution in [0.25, 0.3) is 0 Å². The Balaban J connectivity index is 2.20. The summed E-state index contributed by atoms with van der Waals surface area (Å²) in [7, 11) is 0. The average molecular weight is 302 g/mol. The number of benzene rings is 1. The van der Waals surface area contributed by atoms with Crippen molar-refractivity contribution in [3.63, 3.8) is 0 Å². The summed E-state index contributed by atoms with van der Waals surface area (Å²) < 4.78 is 25.7. The van der Waals surface area contributed by atoms with Crippen molar-refractivity contribution in [3.8, 4) is 11.5 Å². The fraction of sp³-hybridized carbons (Fsp3) is 0.500. The van der Waals surface area contributed by atoms with Gasteiger partial charge in [-0.15, -0.1) is 0 Å². The highest BCUT2D eigenvalue weighted by Crippen LogP contribution is 2.49. The molecular weight excluding hydrogens is 289 g/mol. The Bertz CT molecular complexity index is 474. The fourth-order valence-electron chi connectivity index (χ4n) is 2.38. The number of fused-ring (bicyclic) bond motifs is 1. The molecule has 17 heavy (non-hydrogen) atoms. The van der Waals surface area contributed by atoms with Crippen LogP contribution in [0.15, 0.2) is 10.5 Å². The Morgan fingerprint density at radius 2 is 2.00 bits per heavy atom. The molecule has 0 aromatic heterocycles. The molecular formula is C12H13BrFNO2. The van der Waals surface area contributed by atoms with E-state index in [2.05, 4.69) is 15.9 Å². The first-order chi connectivity index (χ1) is 8.12. The molecule has 1 heterocycles. The van der Waals surface area contributed by atoms with Crippen molar-refractivity contribution in [1.29, 1.82) is 0 Å². The largest absolute Gasteiger partial charge is 0.486 e. The van der Waals surface area contributed by atoms with E-state index in [9.17, 15) is 4.39 Å². The van der Waals surface area contributed by atoms with E-state index in [0.717, 1.165) is 19.3 Å². The van der Waals surface area contributed by atoms with Crippen LogP contribution in [0.5, 0.6) is 11.5 Å². The Labute approximate surface area is 107 Å². The van der Waals surface area contributed by atoms with Gasteiger partial charge in [-0.3, -0.25) is 0 Å². The van der Waals surface area contributed by atoms with E-state index in [1.807, 2.05) is 0 Å². The second kappa shape index (κ2) is 3.85. The third kappa shape index (κ3) is 1.64. The minimum Gasteiger partial charge on any atom is -0.486 e. The van der Waals surface area contributed by atoms with Crippen LogP contribution in [0.4, 0.5) is 4.39 Å². The van der Waals surface area contributed by atoms with Gasteiger partial charge in [0.05, 0.1) is 10.0 Å². The third-order valence-electron chi connectivity index (χ3n) is 3.47. The number of halogens is 2. The lowest BCUT2D eigenvalue weighted by Gasteiger charge is -2.40. The quantitative estimate of drug-likeness (QED) is 0.867. The van der Waals surface area contributed by atoms with Gasteiger partial charge in [-0.25, -0.2) is 4.39 Å². The van der Waals surface area contributed by atoms with Crippen LogP contribution in [0.2, 0.25) is 0 Å². The van der Waals surface area contributed by atoms with Crippen molar-refractivity contribution in [1.82, 2.24) is 0 Å². The van der Waals surface area contributed by atoms with E-state index >= 15 is 0 Å². The highest BCUT2D eigenvalue weighted by atomic mass is 79.9. The summed E-state index contributed by atoms with van der Waals surface area (Å²) in [6, 6.07) is 1.61. The number of hydrogen-bond acceptors (Lipinski definition) is 3. The summed E-state index contributed by atoms with van der Waals surface area (Å²) in [5, 5.41) is 0. The molecule has 1 aromatic rings. The highest BCUT2D eigenvalue weighted by Gasteiger charge is 2.41. The summed E-state index contributed by atoms with van der Waals surface area (Å²) in [5.41, 5.74) is 6.09. The second-order valence-electron chi connectivity index (χ2n) is 4.58. The van der Waals surface area contributed by atoms with E-state index < -0.39 is 5.54 Å². The van der Waals surface area contributed by atoms with E-state index in [4.69, 9.17) is 15.2 Å². The van der Waals surface area contributed by atoms with Gasteiger partial charge in [-0.1, -0.05) is 0 Å². The lowest BCUT2D eigenvalue weighted by atomic mass is 9.72. The van der Waals surface area contributed by atoms with Gasteiger partial charge in [-0.2, -0.15) is 0 Å². The summed E-state index contributed by atoms with van der Waals surface area (Å²) >= 11 is 3.20. The van der Waals surface area contributed by atoms with Crippen LogP contribution >= 0.6 is 15.9 Å². The van der Waals surface area contributed by atoms with Gasteiger partial charge in [0.15, 0.2) is 11.5 Å². The standard InChI is InChI=1S/C12H13BrFNO2/c13-7-6-8-11(17-5-4-16-8)9(10(7)14)12(15)2-1-3-12/h6H,1-5,15H2. The maximum absolute atomic E-state index is 14.2. The lowest BCUT2D eigenvalue weighted by molar-refractivity contribution is 0.156. The molecule has 1 fully saturated rings. The maximum Gasteiger partial charge on any atom is 0.169 e. The van der Waals surface area contributed by atoms with E-state index in [0.29, 0.717) is 34.7 Å².